The Morgan fingerprint density at radius 3 is 2.09 bits per heavy atom. The van der Waals surface area contributed by atoms with Crippen LogP contribution in [0.15, 0.2) is 78.9 Å². The molecule has 0 saturated carbocycles. The van der Waals surface area contributed by atoms with Gasteiger partial charge in [0.2, 0.25) is 0 Å². The Balaban J connectivity index is 1.49. The van der Waals surface area contributed by atoms with Crippen molar-refractivity contribution in [3.8, 4) is 11.5 Å². The summed E-state index contributed by atoms with van der Waals surface area (Å²) < 4.78 is 11.3. The fourth-order valence-electron chi connectivity index (χ4n) is 3.06. The van der Waals surface area contributed by atoms with E-state index in [1.807, 2.05) is 44.2 Å². The van der Waals surface area contributed by atoms with Gasteiger partial charge in [-0.2, -0.15) is 0 Å². The van der Waals surface area contributed by atoms with Crippen molar-refractivity contribution < 1.29 is 19.1 Å². The van der Waals surface area contributed by atoms with Gasteiger partial charge in [0.25, 0.3) is 11.8 Å². The summed E-state index contributed by atoms with van der Waals surface area (Å²) in [5.41, 5.74) is 1.38. The molecule has 0 spiro atoms. The van der Waals surface area contributed by atoms with E-state index in [-0.39, 0.29) is 23.0 Å². The number of amides is 2. The molecule has 0 radical (unpaired) electrons. The third kappa shape index (κ3) is 8.12. The maximum absolute atomic E-state index is 12.6. The van der Waals surface area contributed by atoms with Crippen LogP contribution < -0.4 is 25.4 Å². The molecule has 0 bridgehead atoms. The summed E-state index contributed by atoms with van der Waals surface area (Å²) in [5.74, 6) is 0.830. The molecule has 35 heavy (non-hydrogen) atoms. The zero-order chi connectivity index (χ0) is 25.0. The van der Waals surface area contributed by atoms with Gasteiger partial charge >= 0.3 is 0 Å². The third-order valence-corrected chi connectivity index (χ3v) is 5.32. The molecule has 8 heteroatoms. The van der Waals surface area contributed by atoms with E-state index in [9.17, 15) is 9.59 Å². The van der Waals surface area contributed by atoms with Gasteiger partial charge in [-0.05, 0) is 74.1 Å². The van der Waals surface area contributed by atoms with Gasteiger partial charge in [-0.25, -0.2) is 0 Å². The van der Waals surface area contributed by atoms with Crippen molar-refractivity contribution >= 4 is 34.8 Å². The zero-order valence-electron chi connectivity index (χ0n) is 19.7. The number of para-hydroxylation sites is 2. The number of thiocarbonyl (C=S) groups is 1. The highest BCUT2D eigenvalue weighted by Crippen LogP contribution is 2.16. The predicted molar refractivity (Wildman–Crippen MR) is 141 cm³/mol. The first-order valence-corrected chi connectivity index (χ1v) is 11.8. The Kier molecular flexibility index (Phi) is 9.62. The van der Waals surface area contributed by atoms with Gasteiger partial charge < -0.3 is 20.1 Å². The van der Waals surface area contributed by atoms with Crippen molar-refractivity contribution in [1.82, 2.24) is 10.6 Å². The Morgan fingerprint density at radius 2 is 1.43 bits per heavy atom. The molecule has 0 aliphatic heterocycles. The van der Waals surface area contributed by atoms with Crippen LogP contribution in [-0.4, -0.2) is 36.2 Å². The van der Waals surface area contributed by atoms with Crippen molar-refractivity contribution in [1.29, 1.82) is 0 Å². The van der Waals surface area contributed by atoms with Crippen LogP contribution in [0.2, 0.25) is 0 Å². The molecule has 7 nitrogen and oxygen atoms in total. The van der Waals surface area contributed by atoms with Crippen molar-refractivity contribution in [2.45, 2.75) is 26.3 Å². The predicted octanol–water partition coefficient (Wildman–Crippen LogP) is 4.80. The Hall–Kier alpha value is -3.91. The van der Waals surface area contributed by atoms with Gasteiger partial charge in [-0.3, -0.25) is 14.9 Å². The quantitative estimate of drug-likeness (QED) is 0.279. The lowest BCUT2D eigenvalue weighted by Crippen LogP contribution is -2.36. The van der Waals surface area contributed by atoms with Crippen LogP contribution in [0.4, 0.5) is 5.69 Å². The van der Waals surface area contributed by atoms with Crippen LogP contribution in [0.25, 0.3) is 0 Å². The van der Waals surface area contributed by atoms with Crippen LogP contribution in [0.3, 0.4) is 0 Å². The highest BCUT2D eigenvalue weighted by Gasteiger charge is 2.15. The van der Waals surface area contributed by atoms with Crippen molar-refractivity contribution in [3.63, 3.8) is 0 Å². The van der Waals surface area contributed by atoms with Gasteiger partial charge in [-0.15, -0.1) is 0 Å². The minimum absolute atomic E-state index is 0.0468. The van der Waals surface area contributed by atoms with E-state index >= 15 is 0 Å². The summed E-state index contributed by atoms with van der Waals surface area (Å²) in [7, 11) is 0. The van der Waals surface area contributed by atoms with Crippen molar-refractivity contribution in [2.75, 3.05) is 18.5 Å². The number of hydrogen-bond donors (Lipinski definition) is 3. The lowest BCUT2D eigenvalue weighted by Gasteiger charge is -2.16. The summed E-state index contributed by atoms with van der Waals surface area (Å²) in [4.78, 5) is 25.2. The summed E-state index contributed by atoms with van der Waals surface area (Å²) in [6.45, 7) is 4.72. The second kappa shape index (κ2) is 13.1. The molecule has 0 saturated heterocycles. The molecular weight excluding hydrogens is 462 g/mol. The van der Waals surface area contributed by atoms with E-state index in [0.717, 1.165) is 12.2 Å². The highest BCUT2D eigenvalue weighted by atomic mass is 32.1. The summed E-state index contributed by atoms with van der Waals surface area (Å²) in [5, 5.41) is 8.61. The molecule has 0 aliphatic rings. The molecule has 3 aromatic rings. The highest BCUT2D eigenvalue weighted by molar-refractivity contribution is 7.80. The number of carbonyl (C=O) groups excluding carboxylic acids is 2. The maximum Gasteiger partial charge on any atom is 0.257 e. The van der Waals surface area contributed by atoms with E-state index < -0.39 is 0 Å². The Bertz CT molecular complexity index is 1140. The first kappa shape index (κ1) is 25.7. The fourth-order valence-corrected chi connectivity index (χ4v) is 3.26. The molecule has 0 aromatic heterocycles. The molecule has 0 fully saturated rings. The van der Waals surface area contributed by atoms with Crippen LogP contribution >= 0.6 is 12.2 Å². The van der Waals surface area contributed by atoms with Gasteiger partial charge in [0.1, 0.15) is 24.7 Å². The van der Waals surface area contributed by atoms with Crippen LogP contribution in [0.5, 0.6) is 11.5 Å². The fraction of sp³-hybridized carbons (Fsp3) is 0.222. The number of hydrogen-bond acceptors (Lipinski definition) is 5. The molecule has 3 rings (SSSR count). The van der Waals surface area contributed by atoms with Crippen molar-refractivity contribution in [3.05, 3.63) is 90.0 Å². The van der Waals surface area contributed by atoms with E-state index in [1.54, 1.807) is 48.5 Å². The third-order valence-electron chi connectivity index (χ3n) is 5.12. The molecular formula is C27H29N3O4S. The zero-order valence-corrected chi connectivity index (χ0v) is 20.6. The number of nitrogens with one attached hydrogen (secondary N) is 3. The number of carbonyl (C=O) groups is 2. The molecule has 2 amide bonds. The van der Waals surface area contributed by atoms with Crippen LogP contribution in [-0.2, 0) is 0 Å². The maximum atomic E-state index is 12.6. The van der Waals surface area contributed by atoms with E-state index in [2.05, 4.69) is 16.0 Å². The number of rotatable bonds is 10. The molecule has 3 N–H and O–H groups in total. The SMILES string of the molecule is CCC(C)NC(=O)c1ccccc1NC(=S)NC(=O)c1ccc(OCCOc2ccccc2)cc1. The first-order valence-electron chi connectivity index (χ1n) is 11.4. The standard InChI is InChI=1S/C27H29N3O4S/c1-3-19(2)28-26(32)23-11-7-8-12-24(23)29-27(35)30-25(31)20-13-15-22(16-14-20)34-18-17-33-21-9-5-4-6-10-21/h4-16,19H,3,17-18H2,1-2H3,(H,28,32)(H2,29,30,31,35). The van der Waals surface area contributed by atoms with Gasteiger partial charge in [-0.1, -0.05) is 37.3 Å². The molecule has 0 heterocycles. The minimum Gasteiger partial charge on any atom is -0.490 e. The monoisotopic (exact) mass is 491 g/mol. The normalized spacial score (nSPS) is 11.1. The first-order chi connectivity index (χ1) is 17.0. The second-order valence-corrected chi connectivity index (χ2v) is 8.18. The average Bonchev–Trinajstić information content (AvgIpc) is 2.87. The minimum atomic E-state index is -0.372. The summed E-state index contributed by atoms with van der Waals surface area (Å²) >= 11 is 5.29. The lowest BCUT2D eigenvalue weighted by molar-refractivity contribution is 0.0938. The van der Waals surface area contributed by atoms with Crippen LogP contribution in [0, 0.1) is 0 Å². The summed E-state index contributed by atoms with van der Waals surface area (Å²) in [6, 6.07) is 23.3. The summed E-state index contributed by atoms with van der Waals surface area (Å²) in [6.07, 6.45) is 0.821. The largest absolute Gasteiger partial charge is 0.490 e. The number of ether oxygens (including phenoxy) is 2. The van der Waals surface area contributed by atoms with Gasteiger partial charge in [0.15, 0.2) is 5.11 Å². The number of benzene rings is 3. The van der Waals surface area contributed by atoms with Crippen LogP contribution in [0.1, 0.15) is 41.0 Å². The molecule has 1 unspecified atom stereocenters. The molecule has 1 atom stereocenters. The Morgan fingerprint density at radius 1 is 0.829 bits per heavy atom. The van der Waals surface area contributed by atoms with E-state index in [4.69, 9.17) is 21.7 Å². The van der Waals surface area contributed by atoms with Gasteiger partial charge in [0, 0.05) is 11.6 Å². The molecule has 182 valence electrons. The van der Waals surface area contributed by atoms with E-state index in [0.29, 0.717) is 35.8 Å². The molecule has 3 aromatic carbocycles. The average molecular weight is 492 g/mol. The second-order valence-electron chi connectivity index (χ2n) is 7.77. The van der Waals surface area contributed by atoms with Gasteiger partial charge in [0.05, 0.1) is 11.3 Å². The van der Waals surface area contributed by atoms with E-state index in [1.165, 1.54) is 0 Å². The smallest absolute Gasteiger partial charge is 0.257 e. The number of anilines is 1. The lowest BCUT2D eigenvalue weighted by atomic mass is 10.1. The molecule has 0 aliphatic carbocycles. The Labute approximate surface area is 210 Å². The van der Waals surface area contributed by atoms with Crippen molar-refractivity contribution in [2.24, 2.45) is 0 Å². The topological polar surface area (TPSA) is 88.7 Å².